The molecule has 2 rings (SSSR count). The van der Waals surface area contributed by atoms with Gasteiger partial charge < -0.3 is 10.1 Å². The van der Waals surface area contributed by atoms with Gasteiger partial charge in [-0.25, -0.2) is 0 Å². The second kappa shape index (κ2) is 6.80. The van der Waals surface area contributed by atoms with Crippen molar-refractivity contribution in [3.63, 3.8) is 0 Å². The molecular formula is C12H25ClN2O. The van der Waals surface area contributed by atoms with Crippen molar-refractivity contribution in [3.05, 3.63) is 0 Å². The minimum absolute atomic E-state index is 0. The van der Waals surface area contributed by atoms with Gasteiger partial charge in [-0.05, 0) is 32.6 Å². The molecule has 0 spiro atoms. The highest BCUT2D eigenvalue weighted by Crippen LogP contribution is 2.20. The lowest BCUT2D eigenvalue weighted by Gasteiger charge is -2.41. The van der Waals surface area contributed by atoms with Crippen LogP contribution >= 0.6 is 12.4 Å². The van der Waals surface area contributed by atoms with Crippen LogP contribution in [0.4, 0.5) is 0 Å². The molecule has 0 aliphatic carbocycles. The zero-order valence-corrected chi connectivity index (χ0v) is 11.3. The predicted octanol–water partition coefficient (Wildman–Crippen LogP) is 1.52. The van der Waals surface area contributed by atoms with Crippen LogP contribution in [0.25, 0.3) is 0 Å². The summed E-state index contributed by atoms with van der Waals surface area (Å²) in [7, 11) is 0. The molecule has 3 nitrogen and oxygen atoms in total. The maximum absolute atomic E-state index is 5.41. The molecule has 2 fully saturated rings. The molecule has 0 amide bonds. The molecule has 1 N–H and O–H groups in total. The summed E-state index contributed by atoms with van der Waals surface area (Å²) in [5.41, 5.74) is 0. The van der Waals surface area contributed by atoms with Crippen LogP contribution in [0.15, 0.2) is 0 Å². The molecule has 0 radical (unpaired) electrons. The van der Waals surface area contributed by atoms with E-state index < -0.39 is 0 Å². The fourth-order valence-corrected chi connectivity index (χ4v) is 2.76. The predicted molar refractivity (Wildman–Crippen MR) is 69.3 cm³/mol. The van der Waals surface area contributed by atoms with Gasteiger partial charge in [0.2, 0.25) is 0 Å². The third-order valence-corrected chi connectivity index (χ3v) is 3.82. The van der Waals surface area contributed by atoms with Gasteiger partial charge in [-0.3, -0.25) is 4.90 Å². The van der Waals surface area contributed by atoms with Crippen LogP contribution < -0.4 is 5.32 Å². The molecule has 16 heavy (non-hydrogen) atoms. The zero-order chi connectivity index (χ0) is 10.7. The summed E-state index contributed by atoms with van der Waals surface area (Å²) >= 11 is 0. The lowest BCUT2D eigenvalue weighted by atomic mass is 9.97. The molecule has 2 aliphatic rings. The molecule has 1 unspecified atom stereocenters. The third kappa shape index (κ3) is 3.59. The highest BCUT2D eigenvalue weighted by Gasteiger charge is 2.27. The summed E-state index contributed by atoms with van der Waals surface area (Å²) in [5, 5.41) is 3.49. The summed E-state index contributed by atoms with van der Waals surface area (Å²) in [5.74, 6) is 0.863. The minimum atomic E-state index is 0. The average molecular weight is 249 g/mol. The van der Waals surface area contributed by atoms with Crippen molar-refractivity contribution in [1.29, 1.82) is 0 Å². The fourth-order valence-electron chi connectivity index (χ4n) is 2.76. The van der Waals surface area contributed by atoms with Gasteiger partial charge in [0.15, 0.2) is 0 Å². The first-order valence-electron chi connectivity index (χ1n) is 6.31. The van der Waals surface area contributed by atoms with Gasteiger partial charge in [0.05, 0.1) is 0 Å². The molecule has 0 aromatic rings. The Morgan fingerprint density at radius 3 is 2.25 bits per heavy atom. The largest absolute Gasteiger partial charge is 0.381 e. The van der Waals surface area contributed by atoms with E-state index in [1.54, 1.807) is 0 Å². The van der Waals surface area contributed by atoms with Gasteiger partial charge in [0.1, 0.15) is 0 Å². The highest BCUT2D eigenvalue weighted by molar-refractivity contribution is 5.85. The van der Waals surface area contributed by atoms with Crippen molar-refractivity contribution in [2.75, 3.05) is 32.8 Å². The minimum Gasteiger partial charge on any atom is -0.381 e. The highest BCUT2D eigenvalue weighted by atomic mass is 35.5. The van der Waals surface area contributed by atoms with Gasteiger partial charge in [-0.1, -0.05) is 0 Å². The lowest BCUT2D eigenvalue weighted by Crippen LogP contribution is -2.56. The smallest absolute Gasteiger partial charge is 0.0469 e. The average Bonchev–Trinajstić information content (AvgIpc) is 2.25. The van der Waals surface area contributed by atoms with Gasteiger partial charge in [0, 0.05) is 44.9 Å². The summed E-state index contributed by atoms with van der Waals surface area (Å²) in [4.78, 5) is 2.67. The molecule has 4 heteroatoms. The summed E-state index contributed by atoms with van der Waals surface area (Å²) in [6, 6.07) is 1.38. The molecule has 2 aliphatic heterocycles. The molecule has 0 saturated carbocycles. The molecule has 2 atom stereocenters. The van der Waals surface area contributed by atoms with E-state index in [1.165, 1.54) is 19.4 Å². The second-order valence-electron chi connectivity index (χ2n) is 5.11. The monoisotopic (exact) mass is 248 g/mol. The van der Waals surface area contributed by atoms with Crippen LogP contribution in [-0.4, -0.2) is 49.8 Å². The van der Waals surface area contributed by atoms with Crippen molar-refractivity contribution in [2.45, 2.75) is 38.8 Å². The Morgan fingerprint density at radius 2 is 1.69 bits per heavy atom. The van der Waals surface area contributed by atoms with E-state index in [2.05, 4.69) is 24.1 Å². The van der Waals surface area contributed by atoms with Crippen LogP contribution in [0.3, 0.4) is 0 Å². The number of nitrogens with zero attached hydrogens (tertiary/aromatic N) is 1. The van der Waals surface area contributed by atoms with E-state index in [0.29, 0.717) is 12.1 Å². The number of halogens is 1. The molecule has 0 aromatic carbocycles. The first kappa shape index (κ1) is 14.2. The standard InChI is InChI=1S/C12H24N2O.ClH/c1-10-7-13-8-11(2)14(10)9-12-3-5-15-6-4-12;/h10-13H,3-9H2,1-2H3;1H/t10-,11?;/m1./s1. The van der Waals surface area contributed by atoms with Gasteiger partial charge in [-0.15, -0.1) is 12.4 Å². The molecule has 2 heterocycles. The number of piperazine rings is 1. The summed E-state index contributed by atoms with van der Waals surface area (Å²) in [6.45, 7) is 10.2. The maximum atomic E-state index is 5.41. The Balaban J connectivity index is 0.00000128. The van der Waals surface area contributed by atoms with Crippen LogP contribution in [0, 0.1) is 5.92 Å². The van der Waals surface area contributed by atoms with E-state index in [1.807, 2.05) is 0 Å². The number of rotatable bonds is 2. The quantitative estimate of drug-likeness (QED) is 0.802. The molecule has 0 bridgehead atoms. The fraction of sp³-hybridized carbons (Fsp3) is 1.00. The van der Waals surface area contributed by atoms with Crippen LogP contribution in [0.1, 0.15) is 26.7 Å². The van der Waals surface area contributed by atoms with E-state index >= 15 is 0 Å². The van der Waals surface area contributed by atoms with Gasteiger partial charge in [0.25, 0.3) is 0 Å². The first-order valence-corrected chi connectivity index (χ1v) is 6.31. The van der Waals surface area contributed by atoms with Crippen molar-refractivity contribution in [1.82, 2.24) is 10.2 Å². The molecule has 2 saturated heterocycles. The number of nitrogens with one attached hydrogen (secondary N) is 1. The van der Waals surface area contributed by atoms with E-state index in [4.69, 9.17) is 4.74 Å². The molecule has 0 aromatic heterocycles. The van der Waals surface area contributed by atoms with Crippen LogP contribution in [0.5, 0.6) is 0 Å². The second-order valence-corrected chi connectivity index (χ2v) is 5.11. The van der Waals surface area contributed by atoms with Crippen molar-refractivity contribution in [2.24, 2.45) is 5.92 Å². The Bertz CT molecular complexity index is 187. The SMILES string of the molecule is CC1CNC[C@@H](C)N1CC1CCOCC1.Cl. The first-order chi connectivity index (χ1) is 7.27. The number of hydrogen-bond donors (Lipinski definition) is 1. The molecule has 96 valence electrons. The zero-order valence-electron chi connectivity index (χ0n) is 10.4. The van der Waals surface area contributed by atoms with Crippen LogP contribution in [-0.2, 0) is 4.74 Å². The molecular weight excluding hydrogens is 224 g/mol. The van der Waals surface area contributed by atoms with Crippen LogP contribution in [0.2, 0.25) is 0 Å². The summed E-state index contributed by atoms with van der Waals surface area (Å²) < 4.78 is 5.41. The van der Waals surface area contributed by atoms with Gasteiger partial charge >= 0.3 is 0 Å². The number of hydrogen-bond acceptors (Lipinski definition) is 3. The maximum Gasteiger partial charge on any atom is 0.0469 e. The normalized spacial score (nSPS) is 33.4. The van der Waals surface area contributed by atoms with Crippen molar-refractivity contribution >= 4 is 12.4 Å². The lowest BCUT2D eigenvalue weighted by molar-refractivity contribution is 0.0302. The number of ether oxygens (including phenoxy) is 1. The Kier molecular flexibility index (Phi) is 6.05. The summed E-state index contributed by atoms with van der Waals surface area (Å²) in [6.07, 6.45) is 2.51. The topological polar surface area (TPSA) is 24.5 Å². The van der Waals surface area contributed by atoms with E-state index in [-0.39, 0.29) is 12.4 Å². The van der Waals surface area contributed by atoms with Crippen molar-refractivity contribution < 1.29 is 4.74 Å². The third-order valence-electron chi connectivity index (χ3n) is 3.82. The van der Waals surface area contributed by atoms with E-state index in [0.717, 1.165) is 32.2 Å². The Labute approximate surface area is 105 Å². The van der Waals surface area contributed by atoms with E-state index in [9.17, 15) is 0 Å². The Hall–Kier alpha value is 0.170. The van der Waals surface area contributed by atoms with Crippen molar-refractivity contribution in [3.8, 4) is 0 Å². The Morgan fingerprint density at radius 1 is 1.12 bits per heavy atom. The van der Waals surface area contributed by atoms with Gasteiger partial charge in [-0.2, -0.15) is 0 Å².